The van der Waals surface area contributed by atoms with Crippen LogP contribution in [0.1, 0.15) is 33.2 Å². The molecule has 2 aromatic heterocycles. The molecule has 4 rings (SSSR count). The summed E-state index contributed by atoms with van der Waals surface area (Å²) in [5, 5.41) is 21.9. The van der Waals surface area contributed by atoms with Crippen LogP contribution in [0.3, 0.4) is 0 Å². The Morgan fingerprint density at radius 1 is 1.30 bits per heavy atom. The highest BCUT2D eigenvalue weighted by atomic mass is 35.5. The lowest BCUT2D eigenvalue weighted by Gasteiger charge is -2.27. The molecule has 0 aromatic carbocycles. The van der Waals surface area contributed by atoms with Gasteiger partial charge in [-0.15, -0.1) is 0 Å². The number of hydrogen-bond acceptors (Lipinski definition) is 9. The highest BCUT2D eigenvalue weighted by Crippen LogP contribution is 2.74. The van der Waals surface area contributed by atoms with Crippen LogP contribution in [0, 0.1) is 17.3 Å². The number of nitrogens with zero attached hydrogens (tertiary/aromatic N) is 4. The third-order valence-corrected chi connectivity index (χ3v) is 8.95. The Kier molecular flexibility index (Phi) is 5.62. The molecule has 1 unspecified atom stereocenters. The first-order chi connectivity index (χ1) is 14.2. The van der Waals surface area contributed by atoms with Crippen molar-refractivity contribution >= 4 is 36.2 Å². The van der Waals surface area contributed by atoms with Crippen LogP contribution in [0.5, 0.6) is 0 Å². The van der Waals surface area contributed by atoms with Gasteiger partial charge in [-0.3, -0.25) is 4.57 Å². The van der Waals surface area contributed by atoms with E-state index in [0.29, 0.717) is 17.6 Å². The number of hydrogen-bond donors (Lipinski definition) is 3. The van der Waals surface area contributed by atoms with Crippen molar-refractivity contribution in [2.75, 3.05) is 25.1 Å². The highest BCUT2D eigenvalue weighted by Gasteiger charge is 2.76. The minimum atomic E-state index is -3.26. The van der Waals surface area contributed by atoms with E-state index >= 15 is 0 Å². The summed E-state index contributed by atoms with van der Waals surface area (Å²) in [6.07, 6.45) is 0.0925. The van der Waals surface area contributed by atoms with Crippen LogP contribution in [0.4, 0.5) is 5.82 Å². The fourth-order valence-electron chi connectivity index (χ4n) is 5.39. The normalized spacial score (nSPS) is 33.2. The predicted molar refractivity (Wildman–Crippen MR) is 111 cm³/mol. The maximum atomic E-state index is 12.9. The maximum absolute atomic E-state index is 12.9. The Labute approximate surface area is 179 Å². The molecule has 4 N–H and O–H groups in total. The standard InChI is InChI=1S/C18H27ClN5O5P/c1-4-28-30(27,29-5-2)7-6-18-9(3)10(18)12(13(25)14(18)26)24-8-21-11-15(20)22-17(19)23-16(11)24/h8-10,12-14,25-26H,4-7H2,1-3H3,(H2,20,22,23)/t9?,10-,12-,13+,14+,18+/m1/s1. The van der Waals surface area contributed by atoms with Crippen molar-refractivity contribution in [1.82, 2.24) is 19.5 Å². The number of rotatable bonds is 8. The van der Waals surface area contributed by atoms with Crippen molar-refractivity contribution in [1.29, 1.82) is 0 Å². The molecule has 0 saturated heterocycles. The molecule has 2 aromatic rings. The molecule has 6 atom stereocenters. The maximum Gasteiger partial charge on any atom is 0.330 e. The van der Waals surface area contributed by atoms with E-state index in [2.05, 4.69) is 15.0 Å². The number of nitrogen functional groups attached to an aromatic ring is 1. The van der Waals surface area contributed by atoms with E-state index in [9.17, 15) is 14.8 Å². The molecule has 0 aliphatic heterocycles. The van der Waals surface area contributed by atoms with E-state index in [4.69, 9.17) is 26.4 Å². The van der Waals surface area contributed by atoms with Crippen LogP contribution in [-0.2, 0) is 13.6 Å². The van der Waals surface area contributed by atoms with Crippen molar-refractivity contribution in [3.63, 3.8) is 0 Å². The van der Waals surface area contributed by atoms with Gasteiger partial charge in [0.05, 0.1) is 37.8 Å². The third kappa shape index (κ3) is 3.16. The van der Waals surface area contributed by atoms with Crippen molar-refractivity contribution in [2.45, 2.75) is 45.4 Å². The summed E-state index contributed by atoms with van der Waals surface area (Å²) < 4.78 is 25.5. The summed E-state index contributed by atoms with van der Waals surface area (Å²) in [5.41, 5.74) is 6.11. The van der Waals surface area contributed by atoms with Crippen LogP contribution in [0.2, 0.25) is 5.28 Å². The van der Waals surface area contributed by atoms with Crippen LogP contribution >= 0.6 is 19.2 Å². The van der Waals surface area contributed by atoms with Crippen LogP contribution in [0.15, 0.2) is 6.33 Å². The Morgan fingerprint density at radius 2 is 1.97 bits per heavy atom. The van der Waals surface area contributed by atoms with Gasteiger partial charge in [-0.05, 0) is 43.7 Å². The SMILES string of the molecule is CCOP(=O)(CC[C@]12C(C)[C@@H]1[C@@H](n1cnc3c(N)nc(Cl)nc31)[C@H](O)[C@@H]2O)OCC. The first-order valence-corrected chi connectivity index (χ1v) is 12.2. The first kappa shape index (κ1) is 21.9. The lowest BCUT2D eigenvalue weighted by molar-refractivity contribution is -0.0262. The smallest absolute Gasteiger partial charge is 0.330 e. The molecular weight excluding hydrogens is 433 g/mol. The number of fused-ring (bicyclic) bond motifs is 2. The first-order valence-electron chi connectivity index (χ1n) is 10.1. The zero-order chi connectivity index (χ0) is 21.8. The zero-order valence-electron chi connectivity index (χ0n) is 17.1. The number of aliphatic hydroxyl groups excluding tert-OH is 2. The third-order valence-electron chi connectivity index (χ3n) is 6.70. The van der Waals surface area contributed by atoms with Crippen molar-refractivity contribution in [3.8, 4) is 0 Å². The fourth-order valence-corrected chi connectivity index (χ4v) is 7.34. The van der Waals surface area contributed by atoms with Crippen LogP contribution in [0.25, 0.3) is 11.2 Å². The van der Waals surface area contributed by atoms with Gasteiger partial charge in [0.25, 0.3) is 0 Å². The van der Waals surface area contributed by atoms with Crippen molar-refractivity contribution < 1.29 is 23.8 Å². The number of aromatic nitrogens is 4. The Balaban J connectivity index is 1.65. The summed E-state index contributed by atoms with van der Waals surface area (Å²) in [6, 6.07) is -0.469. The van der Waals surface area contributed by atoms with E-state index in [0.717, 1.165) is 0 Å². The number of halogens is 1. The largest absolute Gasteiger partial charge is 0.390 e. The highest BCUT2D eigenvalue weighted by molar-refractivity contribution is 7.53. The molecule has 166 valence electrons. The molecule has 2 heterocycles. The van der Waals surface area contributed by atoms with Gasteiger partial charge in [0.15, 0.2) is 11.5 Å². The molecule has 0 radical (unpaired) electrons. The van der Waals surface area contributed by atoms with E-state index in [1.807, 2.05) is 6.92 Å². The lowest BCUT2D eigenvalue weighted by Crippen LogP contribution is -2.36. The molecule has 2 saturated carbocycles. The molecule has 0 amide bonds. The van der Waals surface area contributed by atoms with Crippen molar-refractivity contribution in [3.05, 3.63) is 11.6 Å². The second-order valence-electron chi connectivity index (χ2n) is 7.97. The number of aliphatic hydroxyl groups is 2. The van der Waals surface area contributed by atoms with E-state index < -0.39 is 31.3 Å². The van der Waals surface area contributed by atoms with E-state index in [-0.39, 0.29) is 42.3 Å². The van der Waals surface area contributed by atoms with Gasteiger partial charge in [-0.25, -0.2) is 4.98 Å². The topological polar surface area (TPSA) is 146 Å². The van der Waals surface area contributed by atoms with Gasteiger partial charge in [-0.1, -0.05) is 6.92 Å². The number of nitrogens with two attached hydrogens (primary N) is 1. The summed E-state index contributed by atoms with van der Waals surface area (Å²) >= 11 is 5.97. The lowest BCUT2D eigenvalue weighted by atomic mass is 9.92. The predicted octanol–water partition coefficient (Wildman–Crippen LogP) is 2.25. The zero-order valence-corrected chi connectivity index (χ0v) is 18.8. The molecule has 10 nitrogen and oxygen atoms in total. The Hall–Kier alpha value is -1.29. The van der Waals surface area contributed by atoms with Gasteiger partial charge < -0.3 is 29.6 Å². The van der Waals surface area contributed by atoms with Crippen molar-refractivity contribution in [2.24, 2.45) is 17.3 Å². The van der Waals surface area contributed by atoms with Gasteiger partial charge >= 0.3 is 7.60 Å². The van der Waals surface area contributed by atoms with Gasteiger partial charge in [-0.2, -0.15) is 9.97 Å². The number of imidazole rings is 1. The number of anilines is 1. The molecule has 0 spiro atoms. The minimum Gasteiger partial charge on any atom is -0.390 e. The Morgan fingerprint density at radius 3 is 2.60 bits per heavy atom. The van der Waals surface area contributed by atoms with Crippen LogP contribution in [-0.4, -0.2) is 61.3 Å². The molecule has 2 aliphatic rings. The minimum absolute atomic E-state index is 0.0146. The van der Waals surface area contributed by atoms with E-state index in [1.165, 1.54) is 0 Å². The second-order valence-corrected chi connectivity index (χ2v) is 10.5. The summed E-state index contributed by atoms with van der Waals surface area (Å²) in [6.45, 7) is 6.10. The molecule has 30 heavy (non-hydrogen) atoms. The summed E-state index contributed by atoms with van der Waals surface area (Å²) in [4.78, 5) is 12.4. The molecule has 2 aliphatic carbocycles. The van der Waals surface area contributed by atoms with Gasteiger partial charge in [0.1, 0.15) is 11.6 Å². The van der Waals surface area contributed by atoms with Crippen LogP contribution < -0.4 is 5.73 Å². The Bertz CT molecular complexity index is 995. The van der Waals surface area contributed by atoms with Gasteiger partial charge in [0, 0.05) is 5.41 Å². The average Bonchev–Trinajstić information content (AvgIpc) is 2.95. The molecular formula is C18H27ClN5O5P. The van der Waals surface area contributed by atoms with Gasteiger partial charge in [0.2, 0.25) is 5.28 Å². The average molecular weight is 460 g/mol. The molecule has 2 fully saturated rings. The quantitative estimate of drug-likeness (QED) is 0.399. The molecule has 0 bridgehead atoms. The summed E-state index contributed by atoms with van der Waals surface area (Å²) in [5.74, 6) is 0.178. The second kappa shape index (κ2) is 7.69. The summed E-state index contributed by atoms with van der Waals surface area (Å²) in [7, 11) is -3.26. The fraction of sp³-hybridized carbons (Fsp3) is 0.722. The monoisotopic (exact) mass is 459 g/mol. The van der Waals surface area contributed by atoms with E-state index in [1.54, 1.807) is 24.7 Å². The molecule has 12 heteroatoms.